The van der Waals surface area contributed by atoms with Crippen molar-refractivity contribution in [2.75, 3.05) is 26.3 Å². The van der Waals surface area contributed by atoms with E-state index in [1.807, 2.05) is 6.92 Å². The summed E-state index contributed by atoms with van der Waals surface area (Å²) in [7, 11) is 0. The van der Waals surface area contributed by atoms with Gasteiger partial charge in [-0.3, -0.25) is 9.78 Å². The molecule has 9 heteroatoms. The number of morpholine rings is 1. The topological polar surface area (TPSA) is 58.2 Å². The zero-order valence-electron chi connectivity index (χ0n) is 15.4. The van der Waals surface area contributed by atoms with Gasteiger partial charge in [-0.2, -0.15) is 13.2 Å². The van der Waals surface area contributed by atoms with Gasteiger partial charge in [0.05, 0.1) is 40.6 Å². The van der Waals surface area contributed by atoms with Crippen molar-refractivity contribution in [2.24, 2.45) is 0 Å². The van der Waals surface area contributed by atoms with Gasteiger partial charge in [-0.1, -0.05) is 17.7 Å². The van der Waals surface area contributed by atoms with Crippen molar-refractivity contribution in [3.05, 3.63) is 52.3 Å². The Balaban J connectivity index is 1.84. The molecule has 3 heterocycles. The predicted molar refractivity (Wildman–Crippen MR) is 103 cm³/mol. The van der Waals surface area contributed by atoms with Crippen LogP contribution in [0.1, 0.15) is 21.5 Å². The van der Waals surface area contributed by atoms with Crippen molar-refractivity contribution in [2.45, 2.75) is 13.1 Å². The molecular formula is C20H17ClF3N3O2. The fourth-order valence-corrected chi connectivity index (χ4v) is 3.75. The fourth-order valence-electron chi connectivity index (χ4n) is 3.52. The van der Waals surface area contributed by atoms with Crippen LogP contribution in [0.4, 0.5) is 13.2 Å². The van der Waals surface area contributed by atoms with E-state index in [0.29, 0.717) is 48.5 Å². The third kappa shape index (κ3) is 3.58. The van der Waals surface area contributed by atoms with Crippen LogP contribution in [0.15, 0.2) is 30.6 Å². The first kappa shape index (κ1) is 19.7. The van der Waals surface area contributed by atoms with Crippen molar-refractivity contribution < 1.29 is 22.7 Å². The number of halogens is 4. The first-order chi connectivity index (χ1) is 13.8. The number of hydrogen-bond donors (Lipinski definition) is 1. The molecule has 1 fully saturated rings. The number of aryl methyl sites for hydroxylation is 1. The number of pyridine rings is 1. The van der Waals surface area contributed by atoms with Gasteiger partial charge in [0.1, 0.15) is 0 Å². The second-order valence-corrected chi connectivity index (χ2v) is 7.25. The molecule has 0 saturated carbocycles. The summed E-state index contributed by atoms with van der Waals surface area (Å²) < 4.78 is 45.1. The summed E-state index contributed by atoms with van der Waals surface area (Å²) in [6.07, 6.45) is -1.44. The van der Waals surface area contributed by atoms with E-state index in [1.165, 1.54) is 18.3 Å². The molecule has 0 radical (unpaired) electrons. The van der Waals surface area contributed by atoms with Crippen molar-refractivity contribution in [1.29, 1.82) is 0 Å². The van der Waals surface area contributed by atoms with E-state index in [1.54, 1.807) is 11.1 Å². The number of nitrogens with one attached hydrogen (secondary N) is 1. The fraction of sp³-hybridized carbons (Fsp3) is 0.300. The van der Waals surface area contributed by atoms with E-state index >= 15 is 0 Å². The Labute approximate surface area is 169 Å². The maximum Gasteiger partial charge on any atom is 0.417 e. The molecular weight excluding hydrogens is 407 g/mol. The van der Waals surface area contributed by atoms with Crippen LogP contribution in [-0.2, 0) is 10.9 Å². The third-order valence-corrected chi connectivity index (χ3v) is 5.31. The Hall–Kier alpha value is -2.58. The number of carbonyl (C=O) groups is 1. The van der Waals surface area contributed by atoms with Crippen LogP contribution in [0.5, 0.6) is 0 Å². The number of alkyl halides is 3. The number of ether oxygens (including phenoxy) is 1. The number of rotatable bonds is 2. The molecule has 0 atom stereocenters. The lowest BCUT2D eigenvalue weighted by atomic mass is 10.0. The molecule has 5 nitrogen and oxygen atoms in total. The maximum atomic E-state index is 13.3. The number of nitrogens with zero attached hydrogens (tertiary/aromatic N) is 2. The van der Waals surface area contributed by atoms with Crippen molar-refractivity contribution in [3.63, 3.8) is 0 Å². The Bertz CT molecular complexity index is 1090. The van der Waals surface area contributed by atoms with Gasteiger partial charge in [-0.25, -0.2) is 0 Å². The molecule has 1 amide bonds. The molecule has 1 aliphatic rings. The van der Waals surface area contributed by atoms with Gasteiger partial charge in [-0.15, -0.1) is 0 Å². The van der Waals surface area contributed by atoms with E-state index in [2.05, 4.69) is 9.97 Å². The Morgan fingerprint density at radius 1 is 1.28 bits per heavy atom. The number of aromatic amines is 1. The van der Waals surface area contributed by atoms with Gasteiger partial charge in [0.15, 0.2) is 0 Å². The monoisotopic (exact) mass is 423 g/mol. The van der Waals surface area contributed by atoms with Crippen LogP contribution in [0, 0.1) is 6.92 Å². The number of amides is 1. The van der Waals surface area contributed by atoms with Crippen LogP contribution in [0.3, 0.4) is 0 Å². The quantitative estimate of drug-likeness (QED) is 0.651. The molecule has 1 aromatic carbocycles. The molecule has 3 aromatic rings. The summed E-state index contributed by atoms with van der Waals surface area (Å²) in [5.41, 5.74) is 1.40. The molecule has 1 aliphatic heterocycles. The molecule has 4 rings (SSSR count). The van der Waals surface area contributed by atoms with E-state index in [-0.39, 0.29) is 16.5 Å². The van der Waals surface area contributed by atoms with E-state index in [4.69, 9.17) is 16.3 Å². The van der Waals surface area contributed by atoms with Gasteiger partial charge in [-0.05, 0) is 24.6 Å². The largest absolute Gasteiger partial charge is 0.417 e. The summed E-state index contributed by atoms with van der Waals surface area (Å²) >= 11 is 5.73. The minimum absolute atomic E-state index is 0.174. The van der Waals surface area contributed by atoms with Gasteiger partial charge in [0.2, 0.25) is 0 Å². The summed E-state index contributed by atoms with van der Waals surface area (Å²) in [5, 5.41) is 0.272. The van der Waals surface area contributed by atoms with Gasteiger partial charge >= 0.3 is 6.18 Å². The Morgan fingerprint density at radius 2 is 2.00 bits per heavy atom. The molecule has 0 unspecified atom stereocenters. The second-order valence-electron chi connectivity index (χ2n) is 6.84. The first-order valence-corrected chi connectivity index (χ1v) is 9.36. The number of aromatic nitrogens is 2. The average molecular weight is 424 g/mol. The minimum atomic E-state index is -4.58. The Morgan fingerprint density at radius 3 is 2.69 bits per heavy atom. The SMILES string of the molecule is Cc1c[nH]c2c(-c3ccc(Cl)c(C(F)(F)F)c3)ncc(C(=O)N3CCOCC3)c12. The standard InChI is InChI=1S/C20H17ClF3N3O2/c1-11-9-25-18-16(11)13(19(28)27-4-6-29-7-5-27)10-26-17(18)12-2-3-15(21)14(8-12)20(22,23)24/h2-3,8-10,25H,4-7H2,1H3. The highest BCUT2D eigenvalue weighted by Crippen LogP contribution is 2.38. The third-order valence-electron chi connectivity index (χ3n) is 4.98. The normalized spacial score (nSPS) is 15.1. The number of hydrogen-bond acceptors (Lipinski definition) is 3. The van der Waals surface area contributed by atoms with E-state index in [0.717, 1.165) is 11.6 Å². The molecule has 1 N–H and O–H groups in total. The van der Waals surface area contributed by atoms with Crippen LogP contribution < -0.4 is 0 Å². The molecule has 29 heavy (non-hydrogen) atoms. The molecule has 1 saturated heterocycles. The molecule has 0 aliphatic carbocycles. The molecule has 0 spiro atoms. The molecule has 2 aromatic heterocycles. The van der Waals surface area contributed by atoms with Gasteiger partial charge in [0, 0.05) is 36.4 Å². The second kappa shape index (κ2) is 7.35. The van der Waals surface area contributed by atoms with Gasteiger partial charge < -0.3 is 14.6 Å². The highest BCUT2D eigenvalue weighted by Gasteiger charge is 2.34. The van der Waals surface area contributed by atoms with Crippen molar-refractivity contribution >= 4 is 28.4 Å². The maximum absolute atomic E-state index is 13.3. The zero-order valence-corrected chi connectivity index (χ0v) is 16.2. The highest BCUT2D eigenvalue weighted by atomic mass is 35.5. The van der Waals surface area contributed by atoms with E-state index in [9.17, 15) is 18.0 Å². The number of benzene rings is 1. The lowest BCUT2D eigenvalue weighted by Crippen LogP contribution is -2.40. The van der Waals surface area contributed by atoms with E-state index < -0.39 is 11.7 Å². The van der Waals surface area contributed by atoms with Crippen molar-refractivity contribution in [3.8, 4) is 11.3 Å². The average Bonchev–Trinajstić information content (AvgIpc) is 3.09. The zero-order chi connectivity index (χ0) is 20.8. The molecule has 152 valence electrons. The van der Waals surface area contributed by atoms with Crippen LogP contribution in [0.2, 0.25) is 5.02 Å². The highest BCUT2D eigenvalue weighted by molar-refractivity contribution is 6.31. The smallest absolute Gasteiger partial charge is 0.378 e. The number of fused-ring (bicyclic) bond motifs is 1. The van der Waals surface area contributed by atoms with Crippen molar-refractivity contribution in [1.82, 2.24) is 14.9 Å². The summed E-state index contributed by atoms with van der Waals surface area (Å²) in [4.78, 5) is 22.1. The Kier molecular flexibility index (Phi) is 5.00. The van der Waals surface area contributed by atoms with Crippen LogP contribution in [0.25, 0.3) is 22.2 Å². The van der Waals surface area contributed by atoms with Crippen LogP contribution in [-0.4, -0.2) is 47.1 Å². The van der Waals surface area contributed by atoms with Crippen LogP contribution >= 0.6 is 11.6 Å². The lowest BCUT2D eigenvalue weighted by Gasteiger charge is -2.27. The minimum Gasteiger partial charge on any atom is -0.378 e. The number of carbonyl (C=O) groups excluding carboxylic acids is 1. The summed E-state index contributed by atoms with van der Waals surface area (Å²) in [6.45, 7) is 3.74. The van der Waals surface area contributed by atoms with Gasteiger partial charge in [0.25, 0.3) is 5.91 Å². The number of H-pyrrole nitrogens is 1. The summed E-state index contributed by atoms with van der Waals surface area (Å²) in [6, 6.07) is 3.67. The summed E-state index contributed by atoms with van der Waals surface area (Å²) in [5.74, 6) is -0.174. The first-order valence-electron chi connectivity index (χ1n) is 8.98. The molecule has 0 bridgehead atoms. The predicted octanol–water partition coefficient (Wildman–Crippen LogP) is 4.68. The lowest BCUT2D eigenvalue weighted by molar-refractivity contribution is -0.137.